The normalized spacial score (nSPS) is 18.8. The first-order chi connectivity index (χ1) is 10.1. The Kier molecular flexibility index (Phi) is 3.60. The number of imidazole rings is 1. The van der Waals surface area contributed by atoms with Crippen LogP contribution < -0.4 is 5.32 Å². The smallest absolute Gasteiger partial charge is 0.242 e. The fraction of sp³-hybridized carbons (Fsp3) is 0.400. The molecule has 0 radical (unpaired) electrons. The Hall–Kier alpha value is -2.37. The van der Waals surface area contributed by atoms with Gasteiger partial charge in [-0.15, -0.1) is 0 Å². The minimum atomic E-state index is -0.387. The second-order valence-electron chi connectivity index (χ2n) is 5.25. The van der Waals surface area contributed by atoms with Gasteiger partial charge in [-0.25, -0.2) is 4.98 Å². The van der Waals surface area contributed by atoms with Crippen LogP contribution in [-0.4, -0.2) is 45.8 Å². The van der Waals surface area contributed by atoms with Crippen molar-refractivity contribution in [2.24, 2.45) is 0 Å². The number of aryl methyl sites for hydroxylation is 1. The zero-order valence-electron chi connectivity index (χ0n) is 11.9. The zero-order valence-corrected chi connectivity index (χ0v) is 11.9. The van der Waals surface area contributed by atoms with E-state index in [4.69, 9.17) is 0 Å². The first-order valence-electron chi connectivity index (χ1n) is 7.16. The molecule has 1 aromatic heterocycles. The molecule has 0 aliphatic carbocycles. The minimum absolute atomic E-state index is 0.00203. The molecular formula is C15H18N4O2. The molecule has 2 amide bonds. The number of aromatic nitrogens is 2. The van der Waals surface area contributed by atoms with Crippen molar-refractivity contribution in [3.05, 3.63) is 30.1 Å². The summed E-state index contributed by atoms with van der Waals surface area (Å²) in [6.07, 6.45) is 0.912. The molecule has 1 fully saturated rings. The Balaban J connectivity index is 1.64. The van der Waals surface area contributed by atoms with Crippen molar-refractivity contribution in [3.63, 3.8) is 0 Å². The maximum atomic E-state index is 12.2. The van der Waals surface area contributed by atoms with Crippen LogP contribution in [0.2, 0.25) is 0 Å². The van der Waals surface area contributed by atoms with Crippen LogP contribution in [0.15, 0.2) is 24.3 Å². The third kappa shape index (κ3) is 2.74. The fourth-order valence-electron chi connectivity index (χ4n) is 2.62. The lowest BCUT2D eigenvalue weighted by atomic mass is 10.1. The number of fused-ring (bicyclic) bond motifs is 1. The second-order valence-corrected chi connectivity index (χ2v) is 5.25. The van der Waals surface area contributed by atoms with Crippen LogP contribution in [0.1, 0.15) is 19.2 Å². The van der Waals surface area contributed by atoms with Gasteiger partial charge in [0.1, 0.15) is 11.9 Å². The Bertz CT molecular complexity index is 646. The number of amides is 2. The first kappa shape index (κ1) is 13.6. The van der Waals surface area contributed by atoms with Gasteiger partial charge in [0, 0.05) is 25.9 Å². The highest BCUT2D eigenvalue weighted by Gasteiger charge is 2.28. The summed E-state index contributed by atoms with van der Waals surface area (Å²) in [5.74, 6) is 0.717. The molecule has 1 saturated heterocycles. The van der Waals surface area contributed by atoms with Gasteiger partial charge in [0.15, 0.2) is 0 Å². The highest BCUT2D eigenvalue weighted by atomic mass is 16.2. The van der Waals surface area contributed by atoms with Gasteiger partial charge in [-0.2, -0.15) is 0 Å². The van der Waals surface area contributed by atoms with Gasteiger partial charge in [0.05, 0.1) is 11.0 Å². The topological polar surface area (TPSA) is 78.1 Å². The molecule has 6 heteroatoms. The summed E-state index contributed by atoms with van der Waals surface area (Å²) in [5.41, 5.74) is 1.89. The van der Waals surface area contributed by atoms with Crippen molar-refractivity contribution in [2.45, 2.75) is 25.8 Å². The van der Waals surface area contributed by atoms with Crippen molar-refractivity contribution in [1.29, 1.82) is 0 Å². The number of hydrogen-bond acceptors (Lipinski definition) is 3. The number of rotatable bonds is 3. The van der Waals surface area contributed by atoms with Crippen LogP contribution in [0, 0.1) is 0 Å². The van der Waals surface area contributed by atoms with E-state index >= 15 is 0 Å². The minimum Gasteiger partial charge on any atom is -0.353 e. The number of benzene rings is 1. The summed E-state index contributed by atoms with van der Waals surface area (Å²) < 4.78 is 0. The monoisotopic (exact) mass is 286 g/mol. The van der Waals surface area contributed by atoms with E-state index in [1.165, 1.54) is 0 Å². The number of H-pyrrole nitrogens is 1. The molecule has 1 aromatic carbocycles. The standard InChI is InChI=1S/C15H18N4O2/c1-10-15(21)16-8-9-19(10)14(20)7-6-13-17-11-4-2-3-5-12(11)18-13/h2-5,10H,6-9H2,1H3,(H,16,21)(H,17,18). The molecule has 0 saturated carbocycles. The largest absolute Gasteiger partial charge is 0.353 e. The summed E-state index contributed by atoms with van der Waals surface area (Å²) in [4.78, 5) is 33.1. The van der Waals surface area contributed by atoms with Gasteiger partial charge in [0.25, 0.3) is 0 Å². The van der Waals surface area contributed by atoms with E-state index in [9.17, 15) is 9.59 Å². The van der Waals surface area contributed by atoms with Gasteiger partial charge < -0.3 is 15.2 Å². The van der Waals surface area contributed by atoms with E-state index in [0.29, 0.717) is 25.9 Å². The Morgan fingerprint density at radius 2 is 2.24 bits per heavy atom. The zero-order chi connectivity index (χ0) is 14.8. The van der Waals surface area contributed by atoms with Gasteiger partial charge in [0.2, 0.25) is 11.8 Å². The lowest BCUT2D eigenvalue weighted by Gasteiger charge is -2.32. The Morgan fingerprint density at radius 3 is 3.05 bits per heavy atom. The first-order valence-corrected chi connectivity index (χ1v) is 7.16. The summed E-state index contributed by atoms with van der Waals surface area (Å²) in [5, 5.41) is 2.76. The average Bonchev–Trinajstić information content (AvgIpc) is 2.90. The Morgan fingerprint density at radius 1 is 1.43 bits per heavy atom. The molecule has 21 heavy (non-hydrogen) atoms. The maximum Gasteiger partial charge on any atom is 0.242 e. The third-order valence-corrected chi connectivity index (χ3v) is 3.83. The van der Waals surface area contributed by atoms with Crippen LogP contribution >= 0.6 is 0 Å². The number of hydrogen-bond donors (Lipinski definition) is 2. The fourth-order valence-corrected chi connectivity index (χ4v) is 2.62. The number of nitrogens with one attached hydrogen (secondary N) is 2. The molecular weight excluding hydrogens is 268 g/mol. The Labute approximate surface area is 122 Å². The quantitative estimate of drug-likeness (QED) is 0.877. The highest BCUT2D eigenvalue weighted by Crippen LogP contribution is 2.13. The van der Waals surface area contributed by atoms with Gasteiger partial charge in [-0.05, 0) is 19.1 Å². The molecule has 2 heterocycles. The molecule has 110 valence electrons. The SMILES string of the molecule is CC1C(=O)NCCN1C(=O)CCc1nc2ccccc2[nH]1. The number of carbonyl (C=O) groups excluding carboxylic acids is 2. The predicted molar refractivity (Wildman–Crippen MR) is 78.6 cm³/mol. The molecule has 6 nitrogen and oxygen atoms in total. The molecule has 1 aliphatic rings. The van der Waals surface area contributed by atoms with Gasteiger partial charge >= 0.3 is 0 Å². The van der Waals surface area contributed by atoms with E-state index < -0.39 is 0 Å². The lowest BCUT2D eigenvalue weighted by molar-refractivity contribution is -0.142. The molecule has 1 aliphatic heterocycles. The van der Waals surface area contributed by atoms with Crippen LogP contribution in [0.4, 0.5) is 0 Å². The molecule has 0 bridgehead atoms. The molecule has 2 N–H and O–H groups in total. The summed E-state index contributed by atoms with van der Waals surface area (Å²) in [7, 11) is 0. The summed E-state index contributed by atoms with van der Waals surface area (Å²) in [6, 6.07) is 7.40. The van der Waals surface area contributed by atoms with E-state index in [2.05, 4.69) is 15.3 Å². The van der Waals surface area contributed by atoms with Gasteiger partial charge in [-0.3, -0.25) is 9.59 Å². The molecule has 3 rings (SSSR count). The lowest BCUT2D eigenvalue weighted by Crippen LogP contribution is -2.55. The summed E-state index contributed by atoms with van der Waals surface area (Å²) in [6.45, 7) is 2.86. The van der Waals surface area contributed by atoms with E-state index in [1.807, 2.05) is 24.3 Å². The summed E-state index contributed by atoms with van der Waals surface area (Å²) >= 11 is 0. The van der Waals surface area contributed by atoms with Crippen molar-refractivity contribution < 1.29 is 9.59 Å². The molecule has 1 unspecified atom stereocenters. The van der Waals surface area contributed by atoms with Crippen LogP contribution in [0.25, 0.3) is 11.0 Å². The highest BCUT2D eigenvalue weighted by molar-refractivity contribution is 5.88. The number of para-hydroxylation sites is 2. The molecule has 1 atom stereocenters. The average molecular weight is 286 g/mol. The van der Waals surface area contributed by atoms with Crippen molar-refractivity contribution >= 4 is 22.8 Å². The third-order valence-electron chi connectivity index (χ3n) is 3.83. The van der Waals surface area contributed by atoms with Crippen LogP contribution in [0.3, 0.4) is 0 Å². The number of nitrogens with zero attached hydrogens (tertiary/aromatic N) is 2. The van der Waals surface area contributed by atoms with Crippen LogP contribution in [-0.2, 0) is 16.0 Å². The predicted octanol–water partition coefficient (Wildman–Crippen LogP) is 0.842. The molecule has 0 spiro atoms. The number of aromatic amines is 1. The number of carbonyl (C=O) groups is 2. The van der Waals surface area contributed by atoms with Crippen LogP contribution in [0.5, 0.6) is 0 Å². The number of piperazine rings is 1. The van der Waals surface area contributed by atoms with E-state index in [0.717, 1.165) is 16.9 Å². The molecule has 2 aromatic rings. The van der Waals surface area contributed by atoms with Crippen molar-refractivity contribution in [3.8, 4) is 0 Å². The van der Waals surface area contributed by atoms with E-state index in [-0.39, 0.29) is 17.9 Å². The van der Waals surface area contributed by atoms with Crippen molar-refractivity contribution in [2.75, 3.05) is 13.1 Å². The second kappa shape index (κ2) is 5.55. The maximum absolute atomic E-state index is 12.2. The van der Waals surface area contributed by atoms with E-state index in [1.54, 1.807) is 11.8 Å². The van der Waals surface area contributed by atoms with Gasteiger partial charge in [-0.1, -0.05) is 12.1 Å². The van der Waals surface area contributed by atoms with Crippen molar-refractivity contribution in [1.82, 2.24) is 20.2 Å².